The quantitative estimate of drug-likeness (QED) is 0.591. The molecular formula is C18H20N2O5S. The monoisotopic (exact) mass is 376 g/mol. The van der Waals surface area contributed by atoms with E-state index in [1.54, 1.807) is 36.6 Å². The van der Waals surface area contributed by atoms with Crippen molar-refractivity contribution >= 4 is 34.7 Å². The molecule has 1 amide bonds. The zero-order valence-corrected chi connectivity index (χ0v) is 15.6. The van der Waals surface area contributed by atoms with Crippen molar-refractivity contribution in [3.63, 3.8) is 0 Å². The topological polar surface area (TPSA) is 94.5 Å². The number of ether oxygens (including phenoxy) is 1. The van der Waals surface area contributed by atoms with Crippen molar-refractivity contribution in [2.24, 2.45) is 0 Å². The van der Waals surface area contributed by atoms with E-state index in [4.69, 9.17) is 4.74 Å². The number of aromatic nitrogens is 1. The SMILES string of the molecule is CC(=O)c1cccc(NC(=O)[C@H](C)OC(=O)CCn2c(C)csc2=O)c1. The fourth-order valence-electron chi connectivity index (χ4n) is 2.25. The van der Waals surface area contributed by atoms with Gasteiger partial charge in [-0.25, -0.2) is 0 Å². The number of benzene rings is 1. The van der Waals surface area contributed by atoms with Crippen LogP contribution in [0.2, 0.25) is 0 Å². The Balaban J connectivity index is 1.88. The van der Waals surface area contributed by atoms with Crippen LogP contribution in [0.4, 0.5) is 5.69 Å². The van der Waals surface area contributed by atoms with Gasteiger partial charge >= 0.3 is 10.8 Å². The molecule has 1 atom stereocenters. The highest BCUT2D eigenvalue weighted by atomic mass is 32.1. The van der Waals surface area contributed by atoms with Crippen molar-refractivity contribution in [2.75, 3.05) is 5.32 Å². The van der Waals surface area contributed by atoms with Crippen LogP contribution in [0.5, 0.6) is 0 Å². The zero-order chi connectivity index (χ0) is 19.3. The van der Waals surface area contributed by atoms with Crippen LogP contribution < -0.4 is 10.2 Å². The molecule has 0 aliphatic rings. The first-order valence-electron chi connectivity index (χ1n) is 8.04. The van der Waals surface area contributed by atoms with E-state index < -0.39 is 18.0 Å². The van der Waals surface area contributed by atoms with Gasteiger partial charge in [0.25, 0.3) is 5.91 Å². The normalized spacial score (nSPS) is 11.7. The first-order chi connectivity index (χ1) is 12.3. The lowest BCUT2D eigenvalue weighted by Crippen LogP contribution is -2.30. The number of carbonyl (C=O) groups is 3. The first kappa shape index (κ1) is 19.6. The molecule has 8 heteroatoms. The number of ketones is 1. The van der Waals surface area contributed by atoms with Crippen LogP contribution in [0.1, 0.15) is 36.3 Å². The van der Waals surface area contributed by atoms with Crippen molar-refractivity contribution in [1.29, 1.82) is 0 Å². The van der Waals surface area contributed by atoms with Gasteiger partial charge in [0, 0.05) is 28.9 Å². The second-order valence-corrected chi connectivity index (χ2v) is 6.62. The maximum absolute atomic E-state index is 12.1. The molecule has 2 rings (SSSR count). The van der Waals surface area contributed by atoms with Gasteiger partial charge in [-0.1, -0.05) is 23.5 Å². The number of esters is 1. The molecule has 0 fully saturated rings. The molecule has 0 saturated heterocycles. The largest absolute Gasteiger partial charge is 0.452 e. The summed E-state index contributed by atoms with van der Waals surface area (Å²) in [6.07, 6.45) is -1.00. The highest BCUT2D eigenvalue weighted by Gasteiger charge is 2.18. The van der Waals surface area contributed by atoms with Crippen molar-refractivity contribution in [1.82, 2.24) is 4.57 Å². The minimum Gasteiger partial charge on any atom is -0.452 e. The molecule has 0 saturated carbocycles. The Morgan fingerprint density at radius 3 is 2.65 bits per heavy atom. The summed E-state index contributed by atoms with van der Waals surface area (Å²) in [6, 6.07) is 6.50. The standard InChI is InChI=1S/C18H20N2O5S/c1-11-10-26-18(24)20(11)8-7-16(22)25-13(3)17(23)19-15-6-4-5-14(9-15)12(2)21/h4-6,9-10,13H,7-8H2,1-3H3,(H,19,23)/t13-/m0/s1. The lowest BCUT2D eigenvalue weighted by atomic mass is 10.1. The molecule has 0 radical (unpaired) electrons. The molecule has 138 valence electrons. The second-order valence-electron chi connectivity index (χ2n) is 5.80. The molecule has 7 nitrogen and oxygen atoms in total. The van der Waals surface area contributed by atoms with Crippen molar-refractivity contribution in [3.8, 4) is 0 Å². The average molecular weight is 376 g/mol. The van der Waals surface area contributed by atoms with E-state index in [2.05, 4.69) is 5.32 Å². The van der Waals surface area contributed by atoms with Gasteiger partial charge in [-0.2, -0.15) is 0 Å². The van der Waals surface area contributed by atoms with Crippen LogP contribution in [0.15, 0.2) is 34.4 Å². The van der Waals surface area contributed by atoms with E-state index in [-0.39, 0.29) is 23.6 Å². The Morgan fingerprint density at radius 2 is 2.04 bits per heavy atom. The number of carbonyl (C=O) groups excluding carboxylic acids is 3. The lowest BCUT2D eigenvalue weighted by Gasteiger charge is -2.14. The molecular weight excluding hydrogens is 356 g/mol. The minimum absolute atomic E-state index is 0.00504. The molecule has 26 heavy (non-hydrogen) atoms. The molecule has 0 spiro atoms. The fraction of sp³-hybridized carbons (Fsp3) is 0.333. The number of hydrogen-bond donors (Lipinski definition) is 1. The van der Waals surface area contributed by atoms with Crippen molar-refractivity contribution in [3.05, 3.63) is 50.6 Å². The van der Waals surface area contributed by atoms with Gasteiger partial charge in [0.2, 0.25) is 0 Å². The van der Waals surface area contributed by atoms with Gasteiger partial charge in [0.05, 0.1) is 6.42 Å². The predicted molar refractivity (Wildman–Crippen MR) is 98.6 cm³/mol. The molecule has 2 aromatic rings. The van der Waals surface area contributed by atoms with Crippen molar-refractivity contribution < 1.29 is 19.1 Å². The lowest BCUT2D eigenvalue weighted by molar-refractivity contribution is -0.153. The molecule has 1 aromatic carbocycles. The molecule has 0 bridgehead atoms. The molecule has 1 aromatic heterocycles. The van der Waals surface area contributed by atoms with Gasteiger partial charge in [-0.05, 0) is 32.9 Å². The van der Waals surface area contributed by atoms with Crippen LogP contribution in [0, 0.1) is 6.92 Å². The van der Waals surface area contributed by atoms with Gasteiger partial charge in [0.1, 0.15) is 0 Å². The Hall–Kier alpha value is -2.74. The number of nitrogens with zero attached hydrogens (tertiary/aromatic N) is 1. The Morgan fingerprint density at radius 1 is 1.31 bits per heavy atom. The number of Topliss-reactive ketones (excluding diaryl/α,β-unsaturated/α-hetero) is 1. The number of rotatable bonds is 7. The number of aryl methyl sites for hydroxylation is 1. The number of nitrogens with one attached hydrogen (secondary N) is 1. The van der Waals surface area contributed by atoms with E-state index in [1.807, 2.05) is 0 Å². The van der Waals surface area contributed by atoms with E-state index >= 15 is 0 Å². The van der Waals surface area contributed by atoms with Gasteiger partial charge < -0.3 is 14.6 Å². The highest BCUT2D eigenvalue weighted by molar-refractivity contribution is 7.07. The zero-order valence-electron chi connectivity index (χ0n) is 14.8. The third kappa shape index (κ3) is 5.13. The maximum atomic E-state index is 12.1. The second kappa shape index (κ2) is 8.57. The summed E-state index contributed by atoms with van der Waals surface area (Å²) in [5.74, 6) is -1.18. The summed E-state index contributed by atoms with van der Waals surface area (Å²) >= 11 is 1.07. The summed E-state index contributed by atoms with van der Waals surface area (Å²) in [5, 5.41) is 4.33. The van der Waals surface area contributed by atoms with Gasteiger partial charge in [-0.3, -0.25) is 19.2 Å². The first-order valence-corrected chi connectivity index (χ1v) is 8.92. The predicted octanol–water partition coefficient (Wildman–Crippen LogP) is 2.38. The van der Waals surface area contributed by atoms with Crippen LogP contribution >= 0.6 is 11.3 Å². The summed E-state index contributed by atoms with van der Waals surface area (Å²) in [7, 11) is 0. The summed E-state index contributed by atoms with van der Waals surface area (Å²) in [5.41, 5.74) is 1.71. The summed E-state index contributed by atoms with van der Waals surface area (Å²) in [6.45, 7) is 4.90. The van der Waals surface area contributed by atoms with E-state index in [0.29, 0.717) is 11.3 Å². The molecule has 1 N–H and O–H groups in total. The maximum Gasteiger partial charge on any atom is 0.308 e. The Bertz CT molecular complexity index is 884. The Labute approximate surface area is 154 Å². The molecule has 0 unspecified atom stereocenters. The van der Waals surface area contributed by atoms with Gasteiger partial charge in [0.15, 0.2) is 11.9 Å². The van der Waals surface area contributed by atoms with E-state index in [9.17, 15) is 19.2 Å². The smallest absolute Gasteiger partial charge is 0.308 e. The molecule has 0 aliphatic heterocycles. The third-order valence-corrected chi connectivity index (χ3v) is 4.61. The molecule has 0 aliphatic carbocycles. The van der Waals surface area contributed by atoms with E-state index in [1.165, 1.54) is 18.4 Å². The van der Waals surface area contributed by atoms with Crippen LogP contribution in [-0.2, 0) is 20.9 Å². The third-order valence-electron chi connectivity index (χ3n) is 3.73. The number of thiazole rings is 1. The number of amides is 1. The van der Waals surface area contributed by atoms with Gasteiger partial charge in [-0.15, -0.1) is 0 Å². The summed E-state index contributed by atoms with van der Waals surface area (Å²) < 4.78 is 6.60. The van der Waals surface area contributed by atoms with Crippen LogP contribution in [0.25, 0.3) is 0 Å². The fourth-order valence-corrected chi connectivity index (χ4v) is 3.01. The Kier molecular flexibility index (Phi) is 6.46. The summed E-state index contributed by atoms with van der Waals surface area (Å²) in [4.78, 5) is 46.9. The molecule has 1 heterocycles. The van der Waals surface area contributed by atoms with Crippen LogP contribution in [0.3, 0.4) is 0 Å². The average Bonchev–Trinajstić information content (AvgIpc) is 2.91. The number of anilines is 1. The number of hydrogen-bond acceptors (Lipinski definition) is 6. The minimum atomic E-state index is -0.997. The highest BCUT2D eigenvalue weighted by Crippen LogP contribution is 2.12. The van der Waals surface area contributed by atoms with Crippen LogP contribution in [-0.4, -0.2) is 28.3 Å². The van der Waals surface area contributed by atoms with E-state index in [0.717, 1.165) is 17.0 Å². The van der Waals surface area contributed by atoms with Crippen molar-refractivity contribution in [2.45, 2.75) is 39.8 Å².